The largest absolute Gasteiger partial charge is 0.465 e. The van der Waals surface area contributed by atoms with Crippen LogP contribution < -0.4 is 0 Å². The Labute approximate surface area is 153 Å². The second-order valence-electron chi connectivity index (χ2n) is 6.26. The molecule has 1 aliphatic heterocycles. The summed E-state index contributed by atoms with van der Waals surface area (Å²) in [6, 6.07) is 12.0. The Bertz CT molecular complexity index is 1010. The molecule has 0 fully saturated rings. The average molecular weight is 398 g/mol. The van der Waals surface area contributed by atoms with Crippen molar-refractivity contribution in [2.24, 2.45) is 0 Å². The molecule has 6 heteroatoms. The number of hydrogen-bond acceptors (Lipinski definition) is 2. The van der Waals surface area contributed by atoms with Crippen LogP contribution in [0.4, 0.5) is 4.79 Å². The molecule has 5 nitrogen and oxygen atoms in total. The van der Waals surface area contributed by atoms with Crippen LogP contribution in [0.3, 0.4) is 0 Å². The topological polar surface area (TPSA) is 69.2 Å². The summed E-state index contributed by atoms with van der Waals surface area (Å²) in [5.74, 6) is 0.644. The molecule has 0 radical (unpaired) electrons. The summed E-state index contributed by atoms with van der Waals surface area (Å²) in [6.45, 7) is 2.35. The monoisotopic (exact) mass is 397 g/mol. The number of aromatic nitrogens is 2. The van der Waals surface area contributed by atoms with Crippen molar-refractivity contribution in [2.45, 2.75) is 13.0 Å². The highest BCUT2D eigenvalue weighted by molar-refractivity contribution is 9.10. The van der Waals surface area contributed by atoms with Gasteiger partial charge in [-0.1, -0.05) is 45.8 Å². The van der Waals surface area contributed by atoms with Crippen molar-refractivity contribution in [1.82, 2.24) is 14.9 Å². The van der Waals surface area contributed by atoms with Crippen LogP contribution in [-0.4, -0.2) is 32.6 Å². The summed E-state index contributed by atoms with van der Waals surface area (Å²) in [6.07, 6.45) is 2.76. The molecule has 0 aliphatic carbocycles. The van der Waals surface area contributed by atoms with Gasteiger partial charge in [0.15, 0.2) is 0 Å². The third kappa shape index (κ3) is 2.93. The van der Waals surface area contributed by atoms with Crippen molar-refractivity contribution in [2.75, 3.05) is 6.54 Å². The molecule has 1 aromatic heterocycles. The SMILES string of the molecule is CC1=CC(c2ncc(-c3ccc4cc(Br)ccc4c3)[nH]2)N(C(=O)O)C1. The Morgan fingerprint density at radius 3 is 2.84 bits per heavy atom. The van der Waals surface area contributed by atoms with E-state index in [0.29, 0.717) is 12.4 Å². The van der Waals surface area contributed by atoms with Gasteiger partial charge in [-0.2, -0.15) is 0 Å². The molecule has 3 aromatic rings. The van der Waals surface area contributed by atoms with Crippen molar-refractivity contribution >= 4 is 32.8 Å². The van der Waals surface area contributed by atoms with Gasteiger partial charge in [-0.05, 0) is 35.9 Å². The van der Waals surface area contributed by atoms with Gasteiger partial charge in [-0.15, -0.1) is 0 Å². The van der Waals surface area contributed by atoms with Crippen LogP contribution in [0.5, 0.6) is 0 Å². The number of carboxylic acid groups (broad SMARTS) is 1. The number of halogens is 1. The molecule has 1 amide bonds. The summed E-state index contributed by atoms with van der Waals surface area (Å²) in [5, 5.41) is 11.7. The van der Waals surface area contributed by atoms with Gasteiger partial charge in [-0.25, -0.2) is 9.78 Å². The van der Waals surface area contributed by atoms with E-state index in [4.69, 9.17) is 0 Å². The molecule has 0 saturated heterocycles. The lowest BCUT2D eigenvalue weighted by Crippen LogP contribution is -2.30. The normalized spacial score (nSPS) is 17.1. The highest BCUT2D eigenvalue weighted by atomic mass is 79.9. The van der Waals surface area contributed by atoms with E-state index in [1.165, 1.54) is 4.90 Å². The molecule has 1 unspecified atom stereocenters. The number of nitrogens with one attached hydrogen (secondary N) is 1. The van der Waals surface area contributed by atoms with E-state index in [1.807, 2.05) is 25.1 Å². The lowest BCUT2D eigenvalue weighted by molar-refractivity contribution is 0.142. The molecule has 1 atom stereocenters. The average Bonchev–Trinajstić information content (AvgIpc) is 3.21. The Hall–Kier alpha value is -2.60. The molecule has 2 aromatic carbocycles. The number of aromatic amines is 1. The summed E-state index contributed by atoms with van der Waals surface area (Å²) in [5.41, 5.74) is 2.93. The maximum Gasteiger partial charge on any atom is 0.408 e. The van der Waals surface area contributed by atoms with Gasteiger partial charge < -0.3 is 10.1 Å². The zero-order valence-corrected chi connectivity index (χ0v) is 15.1. The minimum Gasteiger partial charge on any atom is -0.465 e. The van der Waals surface area contributed by atoms with Gasteiger partial charge in [0.1, 0.15) is 11.9 Å². The number of H-pyrrole nitrogens is 1. The fourth-order valence-electron chi connectivity index (χ4n) is 3.21. The van der Waals surface area contributed by atoms with E-state index in [0.717, 1.165) is 32.1 Å². The minimum atomic E-state index is -0.938. The van der Waals surface area contributed by atoms with Crippen LogP contribution in [0.15, 0.2) is 58.7 Å². The Morgan fingerprint density at radius 1 is 1.28 bits per heavy atom. The molecular weight excluding hydrogens is 382 g/mol. The molecule has 4 rings (SSSR count). The first-order chi connectivity index (χ1) is 12.0. The highest BCUT2D eigenvalue weighted by Gasteiger charge is 2.30. The molecule has 2 heterocycles. The predicted octanol–water partition coefficient (Wildman–Crippen LogP) is 4.97. The number of rotatable bonds is 2. The fourth-order valence-corrected chi connectivity index (χ4v) is 3.59. The van der Waals surface area contributed by atoms with Crippen LogP contribution in [0.2, 0.25) is 0 Å². The zero-order chi connectivity index (χ0) is 17.6. The van der Waals surface area contributed by atoms with Crippen molar-refractivity contribution in [1.29, 1.82) is 0 Å². The number of hydrogen-bond donors (Lipinski definition) is 2. The van der Waals surface area contributed by atoms with Gasteiger partial charge in [0.05, 0.1) is 11.9 Å². The van der Waals surface area contributed by atoms with Gasteiger partial charge in [0.25, 0.3) is 0 Å². The van der Waals surface area contributed by atoms with E-state index in [9.17, 15) is 9.90 Å². The number of nitrogens with zero attached hydrogens (tertiary/aromatic N) is 2. The summed E-state index contributed by atoms with van der Waals surface area (Å²) in [4.78, 5) is 20.5. The molecule has 0 spiro atoms. The standard InChI is InChI=1S/C19H16BrN3O2/c1-11-6-17(23(10-11)19(24)25)18-21-9-16(22-18)14-3-2-13-8-15(20)5-4-12(13)7-14/h2-9,17H,10H2,1H3,(H,21,22)(H,24,25). The number of imidazole rings is 1. The van der Waals surface area contributed by atoms with E-state index < -0.39 is 6.09 Å². The second-order valence-corrected chi connectivity index (χ2v) is 7.17. The van der Waals surface area contributed by atoms with Crippen LogP contribution in [0.25, 0.3) is 22.0 Å². The minimum absolute atomic E-state index is 0.359. The van der Waals surface area contributed by atoms with E-state index in [-0.39, 0.29) is 6.04 Å². The van der Waals surface area contributed by atoms with Gasteiger partial charge in [0.2, 0.25) is 0 Å². The Morgan fingerprint density at radius 2 is 2.04 bits per heavy atom. The molecule has 126 valence electrons. The highest BCUT2D eigenvalue weighted by Crippen LogP contribution is 2.31. The molecular formula is C19H16BrN3O2. The third-order valence-electron chi connectivity index (χ3n) is 4.43. The van der Waals surface area contributed by atoms with Crippen LogP contribution in [0.1, 0.15) is 18.8 Å². The van der Waals surface area contributed by atoms with E-state index in [1.54, 1.807) is 6.20 Å². The zero-order valence-electron chi connectivity index (χ0n) is 13.5. The molecule has 2 N–H and O–H groups in total. The van der Waals surface area contributed by atoms with E-state index in [2.05, 4.69) is 50.2 Å². The Balaban J connectivity index is 1.69. The predicted molar refractivity (Wildman–Crippen MR) is 100 cm³/mol. The van der Waals surface area contributed by atoms with Crippen LogP contribution in [0, 0.1) is 0 Å². The molecule has 25 heavy (non-hydrogen) atoms. The summed E-state index contributed by atoms with van der Waals surface area (Å²) >= 11 is 3.48. The van der Waals surface area contributed by atoms with Crippen molar-refractivity contribution in [3.8, 4) is 11.3 Å². The smallest absolute Gasteiger partial charge is 0.408 e. The second kappa shape index (κ2) is 6.04. The van der Waals surface area contributed by atoms with Crippen LogP contribution >= 0.6 is 15.9 Å². The molecule has 0 saturated carbocycles. The van der Waals surface area contributed by atoms with Crippen molar-refractivity contribution in [3.63, 3.8) is 0 Å². The van der Waals surface area contributed by atoms with E-state index >= 15 is 0 Å². The van der Waals surface area contributed by atoms with Gasteiger partial charge in [-0.3, -0.25) is 4.90 Å². The first-order valence-corrected chi connectivity index (χ1v) is 8.72. The molecule has 1 aliphatic rings. The number of benzene rings is 2. The van der Waals surface area contributed by atoms with Crippen molar-refractivity contribution in [3.05, 3.63) is 64.5 Å². The first-order valence-electron chi connectivity index (χ1n) is 7.93. The number of fused-ring (bicyclic) bond motifs is 1. The summed E-state index contributed by atoms with van der Waals surface area (Å²) in [7, 11) is 0. The third-order valence-corrected chi connectivity index (χ3v) is 4.93. The Kier molecular flexibility index (Phi) is 3.84. The maximum atomic E-state index is 11.4. The van der Waals surface area contributed by atoms with Crippen molar-refractivity contribution < 1.29 is 9.90 Å². The number of carbonyl (C=O) groups is 1. The lowest BCUT2D eigenvalue weighted by atomic mass is 10.1. The molecule has 0 bridgehead atoms. The maximum absolute atomic E-state index is 11.4. The fraction of sp³-hybridized carbons (Fsp3) is 0.158. The van der Waals surface area contributed by atoms with Crippen LogP contribution in [-0.2, 0) is 0 Å². The lowest BCUT2D eigenvalue weighted by Gasteiger charge is -2.19. The van der Waals surface area contributed by atoms with Gasteiger partial charge in [0, 0.05) is 16.6 Å². The number of amides is 1. The quantitative estimate of drug-likeness (QED) is 0.599. The first kappa shape index (κ1) is 15.9. The van der Waals surface area contributed by atoms with Gasteiger partial charge >= 0.3 is 6.09 Å². The summed E-state index contributed by atoms with van der Waals surface area (Å²) < 4.78 is 1.05.